The summed E-state index contributed by atoms with van der Waals surface area (Å²) in [6.07, 6.45) is 1.02. The van der Waals surface area contributed by atoms with E-state index in [4.69, 9.17) is 4.74 Å². The van der Waals surface area contributed by atoms with Crippen LogP contribution in [0, 0.1) is 6.92 Å². The fourth-order valence-electron chi connectivity index (χ4n) is 2.71. The molecule has 0 aromatic heterocycles. The van der Waals surface area contributed by atoms with E-state index < -0.39 is 0 Å². The van der Waals surface area contributed by atoms with Gasteiger partial charge >= 0.3 is 0 Å². The Kier molecular flexibility index (Phi) is 5.01. The van der Waals surface area contributed by atoms with Crippen molar-refractivity contribution in [3.63, 3.8) is 0 Å². The van der Waals surface area contributed by atoms with Gasteiger partial charge in [-0.3, -0.25) is 4.79 Å². The van der Waals surface area contributed by atoms with E-state index in [1.807, 2.05) is 36.1 Å². The second kappa shape index (κ2) is 6.75. The third kappa shape index (κ3) is 3.73. The molecule has 4 heteroatoms. The van der Waals surface area contributed by atoms with Crippen LogP contribution in [-0.4, -0.2) is 42.6 Å². The van der Waals surface area contributed by atoms with Crippen molar-refractivity contribution in [2.45, 2.75) is 39.3 Å². The van der Waals surface area contributed by atoms with Gasteiger partial charge < -0.3 is 15.0 Å². The standard InChI is InChI=1S/C16H24N2O2/c1-12(2)18(14-7-8-17-10-14)16(19)11-20-15-6-4-5-13(3)9-15/h4-6,9,12,14,17H,7-8,10-11H2,1-3H3. The van der Waals surface area contributed by atoms with E-state index in [0.29, 0.717) is 6.04 Å². The normalized spacial score (nSPS) is 18.3. The lowest BCUT2D eigenvalue weighted by Crippen LogP contribution is -2.47. The molecule has 1 unspecified atom stereocenters. The monoisotopic (exact) mass is 276 g/mol. The summed E-state index contributed by atoms with van der Waals surface area (Å²) in [6, 6.07) is 8.29. The number of ether oxygens (including phenoxy) is 1. The first-order valence-electron chi connectivity index (χ1n) is 7.29. The van der Waals surface area contributed by atoms with Gasteiger partial charge in [-0.2, -0.15) is 0 Å². The van der Waals surface area contributed by atoms with E-state index in [1.165, 1.54) is 0 Å². The van der Waals surface area contributed by atoms with Crippen molar-refractivity contribution >= 4 is 5.91 Å². The molecule has 1 fully saturated rings. The van der Waals surface area contributed by atoms with Gasteiger partial charge in [0.05, 0.1) is 0 Å². The molecule has 1 aromatic carbocycles. The Hall–Kier alpha value is -1.55. The van der Waals surface area contributed by atoms with E-state index in [2.05, 4.69) is 19.2 Å². The van der Waals surface area contributed by atoms with Crippen LogP contribution in [0.15, 0.2) is 24.3 Å². The summed E-state index contributed by atoms with van der Waals surface area (Å²) in [5.74, 6) is 0.821. The maximum atomic E-state index is 12.4. The highest BCUT2D eigenvalue weighted by molar-refractivity contribution is 5.78. The molecule has 4 nitrogen and oxygen atoms in total. The number of benzene rings is 1. The third-order valence-electron chi connectivity index (χ3n) is 3.62. The Morgan fingerprint density at radius 3 is 2.90 bits per heavy atom. The molecule has 1 heterocycles. The first-order valence-corrected chi connectivity index (χ1v) is 7.29. The largest absolute Gasteiger partial charge is 0.484 e. The van der Waals surface area contributed by atoms with Crippen molar-refractivity contribution in [3.8, 4) is 5.75 Å². The molecule has 1 aliphatic heterocycles. The molecule has 1 saturated heterocycles. The van der Waals surface area contributed by atoms with Gasteiger partial charge in [0.25, 0.3) is 5.91 Å². The second-order valence-corrected chi connectivity index (χ2v) is 5.65. The van der Waals surface area contributed by atoms with E-state index in [1.54, 1.807) is 0 Å². The highest BCUT2D eigenvalue weighted by Gasteiger charge is 2.28. The molecule has 0 spiro atoms. The fourth-order valence-corrected chi connectivity index (χ4v) is 2.71. The average Bonchev–Trinajstić information content (AvgIpc) is 2.90. The van der Waals surface area contributed by atoms with Crippen LogP contribution in [0.5, 0.6) is 5.75 Å². The molecule has 2 rings (SSSR count). The highest BCUT2D eigenvalue weighted by Crippen LogP contribution is 2.15. The molecule has 0 radical (unpaired) electrons. The number of aryl methyl sites for hydroxylation is 1. The van der Waals surface area contributed by atoms with Crippen LogP contribution in [0.3, 0.4) is 0 Å². The topological polar surface area (TPSA) is 41.6 Å². The quantitative estimate of drug-likeness (QED) is 0.894. The Morgan fingerprint density at radius 2 is 2.30 bits per heavy atom. The average molecular weight is 276 g/mol. The molecule has 1 aromatic rings. The Labute approximate surface area is 121 Å². The van der Waals surface area contributed by atoms with Crippen LogP contribution in [-0.2, 0) is 4.79 Å². The molecule has 1 aliphatic rings. The summed E-state index contributed by atoms with van der Waals surface area (Å²) in [5, 5.41) is 3.31. The lowest BCUT2D eigenvalue weighted by atomic mass is 10.1. The van der Waals surface area contributed by atoms with Gasteiger partial charge in [0.1, 0.15) is 5.75 Å². The number of carbonyl (C=O) groups is 1. The van der Waals surface area contributed by atoms with Crippen LogP contribution >= 0.6 is 0 Å². The predicted octanol–water partition coefficient (Wildman–Crippen LogP) is 1.97. The van der Waals surface area contributed by atoms with Crippen molar-refractivity contribution in [3.05, 3.63) is 29.8 Å². The summed E-state index contributed by atoms with van der Waals surface area (Å²) < 4.78 is 5.63. The molecule has 0 bridgehead atoms. The number of nitrogens with one attached hydrogen (secondary N) is 1. The highest BCUT2D eigenvalue weighted by atomic mass is 16.5. The minimum atomic E-state index is 0.0650. The molecule has 1 atom stereocenters. The van der Waals surface area contributed by atoms with E-state index in [0.717, 1.165) is 30.8 Å². The summed E-state index contributed by atoms with van der Waals surface area (Å²) in [4.78, 5) is 14.4. The van der Waals surface area contributed by atoms with Gasteiger partial charge in [-0.15, -0.1) is 0 Å². The van der Waals surface area contributed by atoms with E-state index in [-0.39, 0.29) is 18.6 Å². The third-order valence-corrected chi connectivity index (χ3v) is 3.62. The molecule has 1 amide bonds. The van der Waals surface area contributed by atoms with Crippen LogP contribution in [0.4, 0.5) is 0 Å². The molecular weight excluding hydrogens is 252 g/mol. The van der Waals surface area contributed by atoms with E-state index >= 15 is 0 Å². The van der Waals surface area contributed by atoms with Gasteiger partial charge in [0.2, 0.25) is 0 Å². The summed E-state index contributed by atoms with van der Waals surface area (Å²) in [6.45, 7) is 8.11. The molecular formula is C16H24N2O2. The minimum absolute atomic E-state index is 0.0650. The van der Waals surface area contributed by atoms with Crippen LogP contribution in [0.1, 0.15) is 25.8 Å². The van der Waals surface area contributed by atoms with Crippen molar-refractivity contribution in [2.75, 3.05) is 19.7 Å². The maximum absolute atomic E-state index is 12.4. The first-order chi connectivity index (χ1) is 9.58. The van der Waals surface area contributed by atoms with Gasteiger partial charge in [-0.05, 0) is 51.4 Å². The Bertz CT molecular complexity index is 454. The number of rotatable bonds is 5. The lowest BCUT2D eigenvalue weighted by Gasteiger charge is -2.32. The summed E-state index contributed by atoms with van der Waals surface area (Å²) in [7, 11) is 0. The molecule has 0 saturated carbocycles. The summed E-state index contributed by atoms with van der Waals surface area (Å²) in [5.41, 5.74) is 1.13. The molecule has 1 N–H and O–H groups in total. The van der Waals surface area contributed by atoms with Gasteiger partial charge in [-0.25, -0.2) is 0 Å². The van der Waals surface area contributed by atoms with Crippen molar-refractivity contribution < 1.29 is 9.53 Å². The van der Waals surface area contributed by atoms with Gasteiger partial charge in [-0.1, -0.05) is 12.1 Å². The van der Waals surface area contributed by atoms with Crippen molar-refractivity contribution in [1.29, 1.82) is 0 Å². The smallest absolute Gasteiger partial charge is 0.261 e. The number of hydrogen-bond acceptors (Lipinski definition) is 3. The fraction of sp³-hybridized carbons (Fsp3) is 0.562. The first kappa shape index (κ1) is 14.9. The van der Waals surface area contributed by atoms with Crippen LogP contribution in [0.25, 0.3) is 0 Å². The summed E-state index contributed by atoms with van der Waals surface area (Å²) >= 11 is 0. The van der Waals surface area contributed by atoms with Crippen molar-refractivity contribution in [1.82, 2.24) is 10.2 Å². The zero-order valence-electron chi connectivity index (χ0n) is 12.6. The number of amides is 1. The number of nitrogens with zero attached hydrogens (tertiary/aromatic N) is 1. The Balaban J connectivity index is 1.94. The zero-order valence-corrected chi connectivity index (χ0v) is 12.6. The van der Waals surface area contributed by atoms with E-state index in [9.17, 15) is 4.79 Å². The molecule has 0 aliphatic carbocycles. The maximum Gasteiger partial charge on any atom is 0.261 e. The van der Waals surface area contributed by atoms with Gasteiger partial charge in [0.15, 0.2) is 6.61 Å². The van der Waals surface area contributed by atoms with Crippen LogP contribution < -0.4 is 10.1 Å². The lowest BCUT2D eigenvalue weighted by molar-refractivity contribution is -0.137. The van der Waals surface area contributed by atoms with Crippen LogP contribution in [0.2, 0.25) is 0 Å². The van der Waals surface area contributed by atoms with Crippen molar-refractivity contribution in [2.24, 2.45) is 0 Å². The SMILES string of the molecule is Cc1cccc(OCC(=O)N(C(C)C)C2CCNC2)c1. The number of carbonyl (C=O) groups excluding carboxylic acids is 1. The molecule has 20 heavy (non-hydrogen) atoms. The zero-order chi connectivity index (χ0) is 14.5. The number of hydrogen-bond donors (Lipinski definition) is 1. The second-order valence-electron chi connectivity index (χ2n) is 5.65. The molecule has 110 valence electrons. The van der Waals surface area contributed by atoms with Gasteiger partial charge in [0, 0.05) is 18.6 Å². The minimum Gasteiger partial charge on any atom is -0.484 e. The Morgan fingerprint density at radius 1 is 1.50 bits per heavy atom. The predicted molar refractivity (Wildman–Crippen MR) is 79.9 cm³/mol.